The summed E-state index contributed by atoms with van der Waals surface area (Å²) in [5, 5.41) is 48.6. The quantitative estimate of drug-likeness (QED) is 0.0358. The Morgan fingerprint density at radius 3 is 1.62 bits per heavy atom. The molecule has 0 aromatic carbocycles. The molecule has 0 saturated carbocycles. The van der Waals surface area contributed by atoms with Crippen molar-refractivity contribution >= 4 is 65.0 Å². The van der Waals surface area contributed by atoms with Crippen molar-refractivity contribution in [1.29, 1.82) is 0 Å². The maximum Gasteiger partial charge on any atom is 0.245 e. The van der Waals surface area contributed by atoms with Gasteiger partial charge in [-0.2, -0.15) is 0 Å². The minimum absolute atomic E-state index is 0.00952. The highest BCUT2D eigenvalue weighted by Crippen LogP contribution is 2.09. The van der Waals surface area contributed by atoms with Crippen LogP contribution < -0.4 is 87.2 Å². The zero-order chi connectivity index (χ0) is 57.5. The van der Waals surface area contributed by atoms with Crippen LogP contribution in [0, 0.1) is 5.92 Å². The summed E-state index contributed by atoms with van der Waals surface area (Å²) in [6, 6.07) is -13.1. The van der Waals surface area contributed by atoms with E-state index in [9.17, 15) is 63.0 Å². The van der Waals surface area contributed by atoms with Gasteiger partial charge in [0.15, 0.2) is 0 Å². The number of carbonyl (C=O) groups excluding carboxylic acids is 11. The fourth-order valence-corrected chi connectivity index (χ4v) is 7.78. The number of carbonyl (C=O) groups is 11. The molecule has 11 amide bonds. The molecular formula is C47H88N16O13. The molecule has 0 aromatic rings. The molecule has 1 aliphatic rings. The van der Waals surface area contributed by atoms with Gasteiger partial charge in [-0.3, -0.25) is 52.7 Å². The van der Waals surface area contributed by atoms with Gasteiger partial charge < -0.3 is 97.4 Å². The third kappa shape index (κ3) is 25.2. The number of aliphatic hydroxyl groups is 2. The zero-order valence-corrected chi connectivity index (χ0v) is 44.6. The van der Waals surface area contributed by atoms with Crippen molar-refractivity contribution in [2.75, 3.05) is 45.8 Å². The summed E-state index contributed by atoms with van der Waals surface area (Å²) >= 11 is 0. The molecule has 0 bridgehead atoms. The van der Waals surface area contributed by atoms with Crippen molar-refractivity contribution in [1.82, 2.24) is 58.5 Å². The van der Waals surface area contributed by atoms with Crippen molar-refractivity contribution in [3.05, 3.63) is 0 Å². The molecule has 0 unspecified atom stereocenters. The Labute approximate surface area is 444 Å². The molecule has 76 heavy (non-hydrogen) atoms. The number of aliphatic hydroxyl groups excluding tert-OH is 2. The predicted molar refractivity (Wildman–Crippen MR) is 278 cm³/mol. The Bertz CT molecular complexity index is 1910. The van der Waals surface area contributed by atoms with E-state index in [0.29, 0.717) is 6.42 Å². The first kappa shape index (κ1) is 67.9. The lowest BCUT2D eigenvalue weighted by Crippen LogP contribution is -2.61. The SMILES string of the molecule is CCCCCCC(=O)N[C@@H](CCN)C(=O)N[C@H](C(=O)N[C@@H](CCN)C(=O)N[C@H]1CCNC(=O)[C@H]([C@@H](C)O)NC(=O)[C@H](CCN)NC(=O)[C@H](CCN)NC(=O)[C@H](CC(C)C)NC(=O)CNC(=O)[C@H](CCN)NC1=O)[C@@H](C)O. The number of amides is 11. The zero-order valence-electron chi connectivity index (χ0n) is 44.6. The Balaban J connectivity index is 3.67. The first-order chi connectivity index (χ1) is 36.0. The third-order valence-electron chi connectivity index (χ3n) is 12.0. The molecule has 1 rings (SSSR count). The van der Waals surface area contributed by atoms with Crippen LogP contribution in [0.2, 0.25) is 0 Å². The minimum atomic E-state index is -1.68. The first-order valence-corrected chi connectivity index (χ1v) is 26.1. The van der Waals surface area contributed by atoms with E-state index in [-0.39, 0.29) is 83.6 Å². The van der Waals surface area contributed by atoms with Gasteiger partial charge in [-0.1, -0.05) is 40.0 Å². The molecule has 434 valence electrons. The van der Waals surface area contributed by atoms with Crippen molar-refractivity contribution in [3.63, 3.8) is 0 Å². The van der Waals surface area contributed by atoms with Gasteiger partial charge in [0.2, 0.25) is 65.0 Å². The van der Waals surface area contributed by atoms with Crippen LogP contribution in [-0.4, -0.2) is 188 Å². The third-order valence-corrected chi connectivity index (χ3v) is 12.0. The standard InChI is InChI=1S/C47H88N16O13/c1-6-7-8-9-10-35(66)55-29(12-18-49)43(72)63-38(27(5)65)47(76)61-31(14-20-51)41(70)60-33-16-22-53-46(75)37(26(4)64)62-44(73)32(15-21-52)58-40(69)30(13-19-50)59-45(74)34(23-25(2)3)56-36(67)24-54-39(68)28(11-17-48)57-42(33)71/h25-34,37-38,64-65H,6-24,48-52H2,1-5H3,(H,53,75)(H,54,68)(H,55,66)(H,56,67)(H,57,71)(H,58,69)(H,59,74)(H,60,70)(H,61,76)(H,62,73)(H,63,72)/t26-,27-,28+,29+,30+,31+,32+,33+,34+,37+,38+/m1/s1. The van der Waals surface area contributed by atoms with Gasteiger partial charge in [0.1, 0.15) is 54.4 Å². The lowest BCUT2D eigenvalue weighted by molar-refractivity contribution is -0.136. The van der Waals surface area contributed by atoms with Crippen LogP contribution in [-0.2, 0) is 52.7 Å². The van der Waals surface area contributed by atoms with Gasteiger partial charge >= 0.3 is 0 Å². The topological polar surface area (TPSA) is 491 Å². The number of hydrogen-bond donors (Lipinski definition) is 18. The maximum absolute atomic E-state index is 14.1. The molecule has 1 aliphatic heterocycles. The predicted octanol–water partition coefficient (Wildman–Crippen LogP) is -7.49. The average molecular weight is 1090 g/mol. The number of hydrogen-bond acceptors (Lipinski definition) is 18. The largest absolute Gasteiger partial charge is 0.391 e. The van der Waals surface area contributed by atoms with Crippen molar-refractivity contribution in [2.45, 2.75) is 178 Å². The summed E-state index contributed by atoms with van der Waals surface area (Å²) in [4.78, 5) is 149. The van der Waals surface area contributed by atoms with Gasteiger partial charge in [-0.25, -0.2) is 0 Å². The minimum Gasteiger partial charge on any atom is -0.391 e. The number of rotatable bonds is 26. The molecule has 29 heteroatoms. The van der Waals surface area contributed by atoms with Crippen molar-refractivity contribution in [3.8, 4) is 0 Å². The smallest absolute Gasteiger partial charge is 0.245 e. The summed E-state index contributed by atoms with van der Waals surface area (Å²) < 4.78 is 0. The highest BCUT2D eigenvalue weighted by molar-refractivity contribution is 5.98. The highest BCUT2D eigenvalue weighted by atomic mass is 16.3. The van der Waals surface area contributed by atoms with Crippen molar-refractivity contribution < 1.29 is 63.0 Å². The van der Waals surface area contributed by atoms with E-state index >= 15 is 0 Å². The van der Waals surface area contributed by atoms with Crippen LogP contribution in [0.1, 0.15) is 112 Å². The highest BCUT2D eigenvalue weighted by Gasteiger charge is 2.36. The van der Waals surface area contributed by atoms with E-state index in [1.165, 1.54) is 13.8 Å². The van der Waals surface area contributed by atoms with Crippen molar-refractivity contribution in [2.24, 2.45) is 34.6 Å². The second-order valence-electron chi connectivity index (χ2n) is 19.1. The summed E-state index contributed by atoms with van der Waals surface area (Å²) in [5.41, 5.74) is 28.9. The normalized spacial score (nSPS) is 22.8. The molecular weight excluding hydrogens is 997 g/mol. The van der Waals surface area contributed by atoms with E-state index in [1.807, 2.05) is 6.92 Å². The van der Waals surface area contributed by atoms with E-state index in [0.717, 1.165) is 19.3 Å². The Kier molecular flexibility index (Phi) is 32.9. The molecule has 0 aromatic heterocycles. The molecule has 0 spiro atoms. The molecule has 1 saturated heterocycles. The maximum atomic E-state index is 14.1. The number of nitrogens with two attached hydrogens (primary N) is 5. The molecule has 11 atom stereocenters. The monoisotopic (exact) mass is 1080 g/mol. The summed E-state index contributed by atoms with van der Waals surface area (Å²) in [7, 11) is 0. The summed E-state index contributed by atoms with van der Waals surface area (Å²) in [5.74, 6) is -9.85. The lowest BCUT2D eigenvalue weighted by Gasteiger charge is -2.28. The fraction of sp³-hybridized carbons (Fsp3) is 0.766. The Morgan fingerprint density at radius 1 is 0.579 bits per heavy atom. The lowest BCUT2D eigenvalue weighted by atomic mass is 10.0. The van der Waals surface area contributed by atoms with Crippen LogP contribution in [0.3, 0.4) is 0 Å². The van der Waals surface area contributed by atoms with Crippen LogP contribution in [0.4, 0.5) is 0 Å². The van der Waals surface area contributed by atoms with Crippen LogP contribution in [0.5, 0.6) is 0 Å². The van der Waals surface area contributed by atoms with E-state index in [2.05, 4.69) is 58.5 Å². The number of unbranched alkanes of at least 4 members (excludes halogenated alkanes) is 3. The van der Waals surface area contributed by atoms with E-state index in [1.54, 1.807) is 13.8 Å². The molecule has 1 fully saturated rings. The van der Waals surface area contributed by atoms with Crippen LogP contribution in [0.15, 0.2) is 0 Å². The number of nitrogens with one attached hydrogen (secondary N) is 11. The van der Waals surface area contributed by atoms with Gasteiger partial charge in [-0.05, 0) is 104 Å². The average Bonchev–Trinajstić information content (AvgIpc) is 3.35. The second-order valence-corrected chi connectivity index (χ2v) is 19.1. The van der Waals surface area contributed by atoms with Gasteiger partial charge in [0.05, 0.1) is 18.8 Å². The molecule has 0 radical (unpaired) electrons. The van der Waals surface area contributed by atoms with Crippen LogP contribution >= 0.6 is 0 Å². The molecule has 23 N–H and O–H groups in total. The van der Waals surface area contributed by atoms with Crippen LogP contribution in [0.25, 0.3) is 0 Å². The summed E-state index contributed by atoms with van der Waals surface area (Å²) in [6.07, 6.45) is -0.810. The second kappa shape index (κ2) is 36.8. The van der Waals surface area contributed by atoms with Gasteiger partial charge in [0.25, 0.3) is 0 Å². The van der Waals surface area contributed by atoms with E-state index in [4.69, 9.17) is 28.7 Å². The van der Waals surface area contributed by atoms with Gasteiger partial charge in [0, 0.05) is 13.0 Å². The van der Waals surface area contributed by atoms with E-state index < -0.39 is 151 Å². The molecule has 1 heterocycles. The van der Waals surface area contributed by atoms with Gasteiger partial charge in [-0.15, -0.1) is 0 Å². The Morgan fingerprint density at radius 2 is 1.11 bits per heavy atom. The molecule has 29 nitrogen and oxygen atoms in total. The summed E-state index contributed by atoms with van der Waals surface area (Å²) in [6.45, 7) is 6.16. The molecule has 0 aliphatic carbocycles. The Hall–Kier alpha value is -6.11. The fourth-order valence-electron chi connectivity index (χ4n) is 7.78. The first-order valence-electron chi connectivity index (χ1n) is 26.1.